The lowest BCUT2D eigenvalue weighted by Crippen LogP contribution is -2.59. The summed E-state index contributed by atoms with van der Waals surface area (Å²) in [6, 6.07) is 7.86. The second-order valence-corrected chi connectivity index (χ2v) is 6.41. The quantitative estimate of drug-likeness (QED) is 0.913. The summed E-state index contributed by atoms with van der Waals surface area (Å²) in [6.45, 7) is 2.64. The summed E-state index contributed by atoms with van der Waals surface area (Å²) in [5.74, 6) is 1.71. The van der Waals surface area contributed by atoms with Crippen molar-refractivity contribution >= 4 is 0 Å². The third-order valence-corrected chi connectivity index (χ3v) is 5.17. The van der Waals surface area contributed by atoms with Crippen molar-refractivity contribution < 1.29 is 14.6 Å². The van der Waals surface area contributed by atoms with Gasteiger partial charge in [0.15, 0.2) is 0 Å². The van der Waals surface area contributed by atoms with Crippen molar-refractivity contribution in [3.8, 4) is 11.5 Å². The minimum absolute atomic E-state index is 0.00187. The van der Waals surface area contributed by atoms with Gasteiger partial charge in [0.25, 0.3) is 0 Å². The van der Waals surface area contributed by atoms with Crippen LogP contribution in [0.2, 0.25) is 0 Å². The highest BCUT2D eigenvalue weighted by atomic mass is 16.5. The summed E-state index contributed by atoms with van der Waals surface area (Å²) in [4.78, 5) is 0. The van der Waals surface area contributed by atoms with Crippen LogP contribution in [-0.4, -0.2) is 23.9 Å². The van der Waals surface area contributed by atoms with Crippen molar-refractivity contribution in [3.63, 3.8) is 0 Å². The highest BCUT2D eigenvalue weighted by Gasteiger charge is 2.55. The monoisotopic (exact) mass is 290 g/mol. The molecule has 1 spiro atoms. The average molecular weight is 290 g/mol. The number of hydrogen-bond acceptors (Lipinski definition) is 3. The summed E-state index contributed by atoms with van der Waals surface area (Å²) < 4.78 is 11.7. The zero-order chi connectivity index (χ0) is 14.7. The fraction of sp³-hybridized carbons (Fsp3) is 0.667. The SMILES string of the molecule is CCOc1cccc(OC2CC(O)C23CCCCCC3)c1. The van der Waals surface area contributed by atoms with Crippen LogP contribution < -0.4 is 9.47 Å². The predicted octanol–water partition coefficient (Wildman–Crippen LogP) is 3.94. The van der Waals surface area contributed by atoms with E-state index >= 15 is 0 Å². The van der Waals surface area contributed by atoms with Gasteiger partial charge in [-0.3, -0.25) is 0 Å². The molecule has 0 amide bonds. The Balaban J connectivity index is 1.70. The van der Waals surface area contributed by atoms with Gasteiger partial charge in [-0.05, 0) is 31.9 Å². The molecule has 1 aromatic rings. The van der Waals surface area contributed by atoms with E-state index in [-0.39, 0.29) is 17.6 Å². The van der Waals surface area contributed by atoms with Crippen LogP contribution in [0.4, 0.5) is 0 Å². The van der Waals surface area contributed by atoms with Gasteiger partial charge in [0, 0.05) is 17.9 Å². The molecule has 0 saturated heterocycles. The lowest BCUT2D eigenvalue weighted by atomic mass is 9.59. The number of aliphatic hydroxyl groups is 1. The molecule has 2 atom stereocenters. The zero-order valence-corrected chi connectivity index (χ0v) is 12.9. The van der Waals surface area contributed by atoms with Gasteiger partial charge in [-0.1, -0.05) is 31.7 Å². The fourth-order valence-electron chi connectivity index (χ4n) is 3.90. The number of ether oxygens (including phenoxy) is 2. The van der Waals surface area contributed by atoms with Crippen LogP contribution in [0.25, 0.3) is 0 Å². The number of aliphatic hydroxyl groups excluding tert-OH is 1. The third kappa shape index (κ3) is 2.89. The molecule has 3 heteroatoms. The van der Waals surface area contributed by atoms with Crippen molar-refractivity contribution in [1.29, 1.82) is 0 Å². The summed E-state index contributed by atoms with van der Waals surface area (Å²) in [5, 5.41) is 10.3. The molecular formula is C18H26O3. The van der Waals surface area contributed by atoms with Gasteiger partial charge in [0.2, 0.25) is 0 Å². The molecule has 3 rings (SSSR count). The molecule has 0 heterocycles. The van der Waals surface area contributed by atoms with Crippen molar-refractivity contribution in [3.05, 3.63) is 24.3 Å². The maximum absolute atomic E-state index is 10.3. The maximum Gasteiger partial charge on any atom is 0.123 e. The van der Waals surface area contributed by atoms with Crippen LogP contribution in [0.3, 0.4) is 0 Å². The normalized spacial score (nSPS) is 27.7. The molecule has 0 aromatic heterocycles. The van der Waals surface area contributed by atoms with Crippen LogP contribution in [0.1, 0.15) is 51.9 Å². The molecule has 1 aromatic carbocycles. The lowest BCUT2D eigenvalue weighted by Gasteiger charge is -2.53. The largest absolute Gasteiger partial charge is 0.494 e. The Morgan fingerprint density at radius 1 is 1.14 bits per heavy atom. The molecule has 21 heavy (non-hydrogen) atoms. The smallest absolute Gasteiger partial charge is 0.123 e. The summed E-state index contributed by atoms with van der Waals surface area (Å²) in [7, 11) is 0. The molecule has 2 saturated carbocycles. The van der Waals surface area contributed by atoms with Crippen LogP contribution in [-0.2, 0) is 0 Å². The standard InChI is InChI=1S/C18H26O3/c1-2-20-14-8-7-9-15(12-14)21-17-13-16(19)18(17)10-5-3-4-6-11-18/h7-9,12,16-17,19H,2-6,10-11,13H2,1H3. The van der Waals surface area contributed by atoms with E-state index in [1.54, 1.807) is 0 Å². The average Bonchev–Trinajstić information content (AvgIpc) is 2.76. The van der Waals surface area contributed by atoms with Gasteiger partial charge < -0.3 is 14.6 Å². The van der Waals surface area contributed by atoms with Gasteiger partial charge in [-0.2, -0.15) is 0 Å². The predicted molar refractivity (Wildman–Crippen MR) is 82.8 cm³/mol. The van der Waals surface area contributed by atoms with Gasteiger partial charge in [-0.25, -0.2) is 0 Å². The molecule has 0 aliphatic heterocycles. The Kier molecular flexibility index (Phi) is 4.39. The summed E-state index contributed by atoms with van der Waals surface area (Å²) in [5.41, 5.74) is -0.00187. The van der Waals surface area contributed by atoms with E-state index in [1.807, 2.05) is 31.2 Å². The highest BCUT2D eigenvalue weighted by molar-refractivity contribution is 5.33. The van der Waals surface area contributed by atoms with Gasteiger partial charge >= 0.3 is 0 Å². The molecule has 2 aliphatic carbocycles. The second kappa shape index (κ2) is 6.27. The summed E-state index contributed by atoms with van der Waals surface area (Å²) >= 11 is 0. The van der Waals surface area contributed by atoms with Gasteiger partial charge in [-0.15, -0.1) is 0 Å². The summed E-state index contributed by atoms with van der Waals surface area (Å²) in [6.07, 6.45) is 7.96. The topological polar surface area (TPSA) is 38.7 Å². The molecule has 0 radical (unpaired) electrons. The van der Waals surface area contributed by atoms with Crippen molar-refractivity contribution in [1.82, 2.24) is 0 Å². The van der Waals surface area contributed by atoms with E-state index < -0.39 is 0 Å². The Hall–Kier alpha value is -1.22. The molecule has 1 N–H and O–H groups in total. The molecule has 116 valence electrons. The van der Waals surface area contributed by atoms with E-state index in [0.717, 1.165) is 30.8 Å². The first kappa shape index (κ1) is 14.7. The van der Waals surface area contributed by atoms with Crippen LogP contribution in [0, 0.1) is 5.41 Å². The van der Waals surface area contributed by atoms with Crippen LogP contribution in [0.5, 0.6) is 11.5 Å². The van der Waals surface area contributed by atoms with Crippen LogP contribution in [0.15, 0.2) is 24.3 Å². The fourth-order valence-corrected chi connectivity index (χ4v) is 3.90. The minimum Gasteiger partial charge on any atom is -0.494 e. The molecule has 2 aliphatic rings. The van der Waals surface area contributed by atoms with Crippen molar-refractivity contribution in [2.45, 2.75) is 64.1 Å². The van der Waals surface area contributed by atoms with E-state index in [0.29, 0.717) is 6.61 Å². The Labute approximate surface area is 127 Å². The first-order chi connectivity index (χ1) is 10.2. The first-order valence-electron chi connectivity index (χ1n) is 8.32. The lowest BCUT2D eigenvalue weighted by molar-refractivity contribution is -0.163. The zero-order valence-electron chi connectivity index (χ0n) is 12.9. The number of rotatable bonds is 4. The number of hydrogen-bond donors (Lipinski definition) is 1. The highest BCUT2D eigenvalue weighted by Crippen LogP contribution is 2.52. The van der Waals surface area contributed by atoms with Crippen LogP contribution >= 0.6 is 0 Å². The van der Waals surface area contributed by atoms with E-state index in [9.17, 15) is 5.11 Å². The van der Waals surface area contributed by atoms with Crippen molar-refractivity contribution in [2.24, 2.45) is 5.41 Å². The minimum atomic E-state index is -0.185. The Morgan fingerprint density at radius 3 is 2.52 bits per heavy atom. The van der Waals surface area contributed by atoms with Gasteiger partial charge in [0.05, 0.1) is 12.7 Å². The second-order valence-electron chi connectivity index (χ2n) is 6.41. The molecule has 2 unspecified atom stereocenters. The van der Waals surface area contributed by atoms with Crippen molar-refractivity contribution in [2.75, 3.05) is 6.61 Å². The van der Waals surface area contributed by atoms with Gasteiger partial charge in [0.1, 0.15) is 17.6 Å². The van der Waals surface area contributed by atoms with E-state index in [2.05, 4.69) is 0 Å². The third-order valence-electron chi connectivity index (χ3n) is 5.17. The van der Waals surface area contributed by atoms with E-state index in [1.165, 1.54) is 25.7 Å². The molecule has 3 nitrogen and oxygen atoms in total. The molecule has 0 bridgehead atoms. The number of benzene rings is 1. The Bertz CT molecular complexity index is 463. The molecular weight excluding hydrogens is 264 g/mol. The Morgan fingerprint density at radius 2 is 1.86 bits per heavy atom. The first-order valence-corrected chi connectivity index (χ1v) is 8.32. The maximum atomic E-state index is 10.3. The molecule has 2 fully saturated rings. The van der Waals surface area contributed by atoms with E-state index in [4.69, 9.17) is 9.47 Å².